The van der Waals surface area contributed by atoms with Crippen molar-refractivity contribution < 1.29 is 18.4 Å². The van der Waals surface area contributed by atoms with E-state index in [2.05, 4.69) is 15.0 Å². The molecule has 3 heterocycles. The molecule has 154 valence electrons. The molecule has 0 spiro atoms. The largest absolute Gasteiger partial charge is 0.488 e. The fourth-order valence-electron chi connectivity index (χ4n) is 3.28. The smallest absolute Gasteiger partial charge is 0.202 e. The van der Waals surface area contributed by atoms with E-state index in [9.17, 15) is 4.21 Å². The molecule has 1 N–H and O–H groups in total. The maximum atomic E-state index is 12.8. The first-order valence-corrected chi connectivity index (χ1v) is 11.1. The van der Waals surface area contributed by atoms with E-state index in [4.69, 9.17) is 14.2 Å². The Morgan fingerprint density at radius 1 is 1.24 bits per heavy atom. The molecule has 0 radical (unpaired) electrons. The molecule has 1 saturated heterocycles. The van der Waals surface area contributed by atoms with Crippen molar-refractivity contribution in [3.05, 3.63) is 47.8 Å². The van der Waals surface area contributed by atoms with E-state index < -0.39 is 16.6 Å². The number of benzene rings is 1. The highest BCUT2D eigenvalue weighted by Gasteiger charge is 2.34. The fraction of sp³-hybridized carbons (Fsp3) is 0.429. The number of pyridine rings is 1. The van der Waals surface area contributed by atoms with Crippen molar-refractivity contribution in [1.29, 1.82) is 0 Å². The average molecular weight is 416 g/mol. The second-order valence-electron chi connectivity index (χ2n) is 7.03. The van der Waals surface area contributed by atoms with Gasteiger partial charge in [-0.25, -0.2) is 4.98 Å². The van der Waals surface area contributed by atoms with Gasteiger partial charge >= 0.3 is 0 Å². The molecule has 0 amide bonds. The number of hydrogen-bond donors (Lipinski definition) is 1. The van der Waals surface area contributed by atoms with Gasteiger partial charge < -0.3 is 19.2 Å². The Balaban J connectivity index is 1.48. The zero-order valence-electron chi connectivity index (χ0n) is 16.6. The van der Waals surface area contributed by atoms with Crippen LogP contribution in [0.15, 0.2) is 41.7 Å². The Morgan fingerprint density at radius 2 is 2.03 bits per heavy atom. The summed E-state index contributed by atoms with van der Waals surface area (Å²) in [6, 6.07) is 9.45. The minimum atomic E-state index is -1.34. The molecular formula is C21H25N3O4S. The third-order valence-corrected chi connectivity index (χ3v) is 6.28. The minimum absolute atomic E-state index is 0.259. The minimum Gasteiger partial charge on any atom is -0.488 e. The van der Waals surface area contributed by atoms with Crippen molar-refractivity contribution in [3.63, 3.8) is 0 Å². The van der Waals surface area contributed by atoms with Crippen LogP contribution < -0.4 is 4.74 Å². The van der Waals surface area contributed by atoms with Crippen molar-refractivity contribution >= 4 is 21.8 Å². The second kappa shape index (κ2) is 8.61. The number of para-hydroxylation sites is 2. The van der Waals surface area contributed by atoms with Gasteiger partial charge in [-0.05, 0) is 31.5 Å². The Hall–Kier alpha value is -2.29. The number of nitrogens with zero attached hydrogens (tertiary/aromatic N) is 2. The van der Waals surface area contributed by atoms with Crippen LogP contribution in [-0.4, -0.2) is 44.8 Å². The molecular weight excluding hydrogens is 390 g/mol. The second-order valence-corrected chi connectivity index (χ2v) is 8.40. The van der Waals surface area contributed by atoms with E-state index in [-0.39, 0.29) is 5.75 Å². The number of H-pyrrole nitrogens is 1. The normalized spacial score (nSPS) is 17.3. The third-order valence-electron chi connectivity index (χ3n) is 5.12. The Kier molecular flexibility index (Phi) is 5.94. The van der Waals surface area contributed by atoms with E-state index >= 15 is 0 Å². The molecule has 2 aromatic heterocycles. The standard InChI is InChI=1S/C21H25N3O4S/c1-3-21(27-11-6-12-28-21)14-26-19-9-10-22-18(15(19)2)13-29(25)20-23-16-7-4-5-8-17(16)24-20/h4-5,7-10H,3,6,11-14H2,1-2H3,(H,23,24). The van der Waals surface area contributed by atoms with Crippen LogP contribution >= 0.6 is 0 Å². The average Bonchev–Trinajstić information content (AvgIpc) is 3.19. The van der Waals surface area contributed by atoms with Crippen molar-refractivity contribution in [3.8, 4) is 5.75 Å². The molecule has 1 aliphatic heterocycles. The van der Waals surface area contributed by atoms with E-state index in [1.165, 1.54) is 0 Å². The molecule has 1 atom stereocenters. The van der Waals surface area contributed by atoms with Crippen LogP contribution in [0.5, 0.6) is 5.75 Å². The zero-order valence-corrected chi connectivity index (χ0v) is 17.5. The van der Waals surface area contributed by atoms with Gasteiger partial charge in [-0.1, -0.05) is 19.1 Å². The summed E-state index contributed by atoms with van der Waals surface area (Å²) in [6.45, 7) is 5.60. The molecule has 4 rings (SSSR count). The molecule has 3 aromatic rings. The summed E-state index contributed by atoms with van der Waals surface area (Å²) in [4.78, 5) is 12.0. The Labute approximate surface area is 172 Å². The van der Waals surface area contributed by atoms with Crippen LogP contribution in [0.1, 0.15) is 31.0 Å². The van der Waals surface area contributed by atoms with Crippen molar-refractivity contribution in [2.24, 2.45) is 0 Å². The maximum Gasteiger partial charge on any atom is 0.202 e. The van der Waals surface area contributed by atoms with E-state index in [1.54, 1.807) is 6.20 Å². The molecule has 1 aliphatic rings. The molecule has 0 bridgehead atoms. The maximum absolute atomic E-state index is 12.8. The number of fused-ring (bicyclic) bond motifs is 1. The number of imidazole rings is 1. The highest BCUT2D eigenvalue weighted by atomic mass is 32.2. The lowest BCUT2D eigenvalue weighted by Crippen LogP contribution is -2.45. The molecule has 29 heavy (non-hydrogen) atoms. The van der Waals surface area contributed by atoms with Gasteiger partial charge in [0.1, 0.15) is 12.4 Å². The van der Waals surface area contributed by atoms with Crippen LogP contribution in [0.25, 0.3) is 11.0 Å². The number of nitrogens with one attached hydrogen (secondary N) is 1. The molecule has 1 fully saturated rings. The molecule has 0 aliphatic carbocycles. The number of rotatable bonds is 7. The number of ether oxygens (including phenoxy) is 3. The molecule has 7 nitrogen and oxygen atoms in total. The predicted octanol–water partition coefficient (Wildman–Crippen LogP) is 3.50. The van der Waals surface area contributed by atoms with Gasteiger partial charge in [0.15, 0.2) is 5.16 Å². The predicted molar refractivity (Wildman–Crippen MR) is 110 cm³/mol. The van der Waals surface area contributed by atoms with Gasteiger partial charge in [0, 0.05) is 18.2 Å². The molecule has 1 unspecified atom stereocenters. The van der Waals surface area contributed by atoms with Crippen molar-refractivity contribution in [1.82, 2.24) is 15.0 Å². The lowest BCUT2D eigenvalue weighted by atomic mass is 10.2. The SMILES string of the molecule is CCC1(COc2ccnc(CS(=O)c3nc4ccccc4[nH]3)c2C)OCCCO1. The van der Waals surface area contributed by atoms with Gasteiger partial charge in [0.2, 0.25) is 5.79 Å². The lowest BCUT2D eigenvalue weighted by Gasteiger charge is -2.36. The van der Waals surface area contributed by atoms with E-state index in [0.29, 0.717) is 37.1 Å². The van der Waals surface area contributed by atoms with Gasteiger partial charge in [0.05, 0.1) is 46.5 Å². The molecule has 0 saturated carbocycles. The summed E-state index contributed by atoms with van der Waals surface area (Å²) < 4.78 is 30.5. The summed E-state index contributed by atoms with van der Waals surface area (Å²) in [5.74, 6) is 0.252. The summed E-state index contributed by atoms with van der Waals surface area (Å²) in [7, 11) is -1.34. The van der Waals surface area contributed by atoms with Gasteiger partial charge in [0.25, 0.3) is 0 Å². The van der Waals surface area contributed by atoms with Crippen LogP contribution in [0, 0.1) is 6.92 Å². The first-order chi connectivity index (χ1) is 14.1. The van der Waals surface area contributed by atoms with Crippen LogP contribution in [-0.2, 0) is 26.0 Å². The molecule has 1 aromatic carbocycles. The first kappa shape index (κ1) is 20.0. The van der Waals surface area contributed by atoms with Gasteiger partial charge in [-0.2, -0.15) is 0 Å². The number of aromatic amines is 1. The zero-order chi connectivity index (χ0) is 20.3. The lowest BCUT2D eigenvalue weighted by molar-refractivity contribution is -0.279. The van der Waals surface area contributed by atoms with E-state index in [1.807, 2.05) is 44.2 Å². The summed E-state index contributed by atoms with van der Waals surface area (Å²) >= 11 is 0. The van der Waals surface area contributed by atoms with Crippen LogP contribution in [0.2, 0.25) is 0 Å². The summed E-state index contributed by atoms with van der Waals surface area (Å²) in [5.41, 5.74) is 3.25. The third kappa shape index (κ3) is 4.34. The van der Waals surface area contributed by atoms with Crippen molar-refractivity contribution in [2.45, 2.75) is 43.4 Å². The quantitative estimate of drug-likeness (QED) is 0.636. The van der Waals surface area contributed by atoms with E-state index in [0.717, 1.165) is 28.7 Å². The summed E-state index contributed by atoms with van der Waals surface area (Å²) in [6.07, 6.45) is 3.28. The van der Waals surface area contributed by atoms with Crippen LogP contribution in [0.4, 0.5) is 0 Å². The topological polar surface area (TPSA) is 86.3 Å². The number of hydrogen-bond acceptors (Lipinski definition) is 6. The summed E-state index contributed by atoms with van der Waals surface area (Å²) in [5, 5.41) is 0.452. The van der Waals surface area contributed by atoms with Gasteiger partial charge in [-0.15, -0.1) is 0 Å². The highest BCUT2D eigenvalue weighted by molar-refractivity contribution is 7.84. The highest BCUT2D eigenvalue weighted by Crippen LogP contribution is 2.27. The first-order valence-electron chi connectivity index (χ1n) is 9.78. The fourth-order valence-corrected chi connectivity index (χ4v) is 4.38. The van der Waals surface area contributed by atoms with Crippen molar-refractivity contribution in [2.75, 3.05) is 19.8 Å². The number of aromatic nitrogens is 3. The monoisotopic (exact) mass is 415 g/mol. The van der Waals surface area contributed by atoms with Crippen LogP contribution in [0.3, 0.4) is 0 Å². The Bertz CT molecular complexity index is 981. The molecule has 8 heteroatoms. The Morgan fingerprint density at radius 3 is 2.79 bits per heavy atom. The van der Waals surface area contributed by atoms with Gasteiger partial charge in [-0.3, -0.25) is 9.19 Å².